The van der Waals surface area contributed by atoms with Crippen molar-refractivity contribution in [3.8, 4) is 0 Å². The van der Waals surface area contributed by atoms with Crippen molar-refractivity contribution in [3.63, 3.8) is 0 Å². The van der Waals surface area contributed by atoms with Crippen molar-refractivity contribution < 1.29 is 4.79 Å². The Bertz CT molecular complexity index is 894. The van der Waals surface area contributed by atoms with E-state index in [4.69, 9.17) is 0 Å². The molecule has 10 heteroatoms. The van der Waals surface area contributed by atoms with Crippen LogP contribution in [0.1, 0.15) is 38.6 Å². The molecule has 32 heavy (non-hydrogen) atoms. The van der Waals surface area contributed by atoms with Gasteiger partial charge in [0.2, 0.25) is 11.0 Å². The average molecular weight is 572 g/mol. The van der Waals surface area contributed by atoms with Crippen LogP contribution in [0.4, 0.5) is 10.8 Å². The summed E-state index contributed by atoms with van der Waals surface area (Å²) >= 11 is 1.48. The first-order valence-corrected chi connectivity index (χ1v) is 11.7. The number of carbonyl (C=O) groups is 1. The van der Waals surface area contributed by atoms with Gasteiger partial charge in [0.25, 0.3) is 0 Å². The molecule has 2 aromatic rings. The van der Waals surface area contributed by atoms with E-state index >= 15 is 0 Å². The van der Waals surface area contributed by atoms with Gasteiger partial charge < -0.3 is 20.4 Å². The van der Waals surface area contributed by atoms with Gasteiger partial charge in [-0.05, 0) is 23.6 Å². The molecule has 1 aromatic carbocycles. The Balaban J connectivity index is 0.00000363. The fourth-order valence-electron chi connectivity index (χ4n) is 3.48. The van der Waals surface area contributed by atoms with Crippen molar-refractivity contribution in [2.75, 3.05) is 43.4 Å². The van der Waals surface area contributed by atoms with E-state index in [0.29, 0.717) is 18.9 Å². The maximum Gasteiger partial charge on any atom is 0.224 e. The third kappa shape index (κ3) is 7.58. The number of anilines is 2. The van der Waals surface area contributed by atoms with Crippen LogP contribution in [0.25, 0.3) is 0 Å². The first-order chi connectivity index (χ1) is 15.0. The number of nitrogens with one attached hydrogen (secondary N) is 2. The van der Waals surface area contributed by atoms with Gasteiger partial charge in [-0.2, -0.15) is 4.37 Å². The van der Waals surface area contributed by atoms with Crippen molar-refractivity contribution in [1.82, 2.24) is 19.6 Å². The Morgan fingerprint density at radius 3 is 2.62 bits per heavy atom. The van der Waals surface area contributed by atoms with Crippen LogP contribution in [-0.4, -0.2) is 59.4 Å². The summed E-state index contributed by atoms with van der Waals surface area (Å²) < 4.78 is 4.40. The van der Waals surface area contributed by atoms with Gasteiger partial charge in [0.05, 0.1) is 0 Å². The zero-order chi connectivity index (χ0) is 22.2. The number of guanidine groups is 1. The molecule has 0 unspecified atom stereocenters. The van der Waals surface area contributed by atoms with E-state index in [1.54, 1.807) is 0 Å². The van der Waals surface area contributed by atoms with Crippen LogP contribution in [0.15, 0.2) is 29.3 Å². The molecular weight excluding hydrogens is 537 g/mol. The second-order valence-electron chi connectivity index (χ2n) is 8.07. The van der Waals surface area contributed by atoms with E-state index in [1.165, 1.54) is 11.5 Å². The summed E-state index contributed by atoms with van der Waals surface area (Å²) in [4.78, 5) is 25.7. The molecule has 0 aliphatic carbocycles. The molecule has 1 fully saturated rings. The first kappa shape index (κ1) is 26.3. The lowest BCUT2D eigenvalue weighted by Crippen LogP contribution is -2.52. The fraction of sp³-hybridized carbons (Fsp3) is 0.545. The summed E-state index contributed by atoms with van der Waals surface area (Å²) in [5, 5.41) is 7.45. The van der Waals surface area contributed by atoms with Crippen LogP contribution >= 0.6 is 35.5 Å². The Labute approximate surface area is 212 Å². The molecule has 0 saturated carbocycles. The molecule has 176 valence electrons. The summed E-state index contributed by atoms with van der Waals surface area (Å²) in [5.74, 6) is 2.20. The molecule has 1 saturated heterocycles. The highest BCUT2D eigenvalue weighted by atomic mass is 127. The average Bonchev–Trinajstić information content (AvgIpc) is 3.24. The third-order valence-electron chi connectivity index (χ3n) is 5.09. The molecule has 3 rings (SSSR count). The van der Waals surface area contributed by atoms with Crippen LogP contribution in [0.5, 0.6) is 0 Å². The van der Waals surface area contributed by atoms with E-state index < -0.39 is 0 Å². The monoisotopic (exact) mass is 571 g/mol. The second-order valence-corrected chi connectivity index (χ2v) is 8.80. The third-order valence-corrected chi connectivity index (χ3v) is 5.90. The van der Waals surface area contributed by atoms with Gasteiger partial charge in [0.15, 0.2) is 5.96 Å². The lowest BCUT2D eigenvalue weighted by Gasteiger charge is -2.36. The fourth-order valence-corrected chi connectivity index (χ4v) is 4.28. The smallest absolute Gasteiger partial charge is 0.224 e. The zero-order valence-corrected chi connectivity index (χ0v) is 22.4. The molecule has 0 radical (unpaired) electrons. The predicted octanol–water partition coefficient (Wildman–Crippen LogP) is 3.60. The molecule has 0 spiro atoms. The van der Waals surface area contributed by atoms with Crippen molar-refractivity contribution in [2.45, 2.75) is 40.2 Å². The Morgan fingerprint density at radius 2 is 2.00 bits per heavy atom. The molecule has 2 heterocycles. The highest BCUT2D eigenvalue weighted by molar-refractivity contribution is 14.0. The van der Waals surface area contributed by atoms with Crippen molar-refractivity contribution in [3.05, 3.63) is 35.7 Å². The van der Waals surface area contributed by atoms with Crippen LogP contribution in [-0.2, 0) is 17.8 Å². The SMILES string of the molecule is CCc1nsc(N2CCN(C(=NC)NCc3cccc(NC(=O)CC(C)C)c3)CC2)n1.I. The van der Waals surface area contributed by atoms with E-state index in [9.17, 15) is 4.79 Å². The van der Waals surface area contributed by atoms with E-state index in [0.717, 1.165) is 60.8 Å². The highest BCUT2D eigenvalue weighted by Gasteiger charge is 2.22. The van der Waals surface area contributed by atoms with Gasteiger partial charge in [0.1, 0.15) is 5.82 Å². The summed E-state index contributed by atoms with van der Waals surface area (Å²) in [7, 11) is 1.82. The van der Waals surface area contributed by atoms with Gasteiger partial charge in [-0.25, -0.2) is 4.98 Å². The number of aliphatic imine (C=N–C) groups is 1. The second kappa shape index (κ2) is 12.9. The largest absolute Gasteiger partial charge is 0.352 e. The van der Waals surface area contributed by atoms with Gasteiger partial charge in [-0.15, -0.1) is 24.0 Å². The standard InChI is InChI=1S/C22H33N7OS.HI/c1-5-19-26-22(31-27-19)29-11-9-28(10-12-29)21(23-4)24-15-17-7-6-8-18(14-17)25-20(30)13-16(2)3;/h6-8,14,16H,5,9-13,15H2,1-4H3,(H,23,24)(H,25,30);1H. The molecule has 0 atom stereocenters. The number of carbonyl (C=O) groups excluding carboxylic acids is 1. The molecular formula is C22H34IN7OS. The van der Waals surface area contributed by atoms with Crippen LogP contribution in [0.3, 0.4) is 0 Å². The lowest BCUT2D eigenvalue weighted by atomic mass is 10.1. The predicted molar refractivity (Wildman–Crippen MR) is 143 cm³/mol. The van der Waals surface area contributed by atoms with Gasteiger partial charge in [0, 0.05) is 69.8 Å². The molecule has 0 bridgehead atoms. The summed E-state index contributed by atoms with van der Waals surface area (Å²) in [6, 6.07) is 7.96. The van der Waals surface area contributed by atoms with Crippen LogP contribution in [0, 0.1) is 5.92 Å². The molecule has 1 amide bonds. The Hall–Kier alpha value is -1.95. The maximum atomic E-state index is 12.0. The quantitative estimate of drug-likeness (QED) is 0.300. The number of aryl methyl sites for hydroxylation is 1. The number of aromatic nitrogens is 2. The number of rotatable bonds is 7. The minimum atomic E-state index is 0. The number of benzene rings is 1. The van der Waals surface area contributed by atoms with Gasteiger partial charge in [-0.1, -0.05) is 32.9 Å². The summed E-state index contributed by atoms with van der Waals surface area (Å²) in [6.45, 7) is 10.4. The Kier molecular flexibility index (Phi) is 10.6. The first-order valence-electron chi connectivity index (χ1n) is 10.9. The molecule has 1 aliphatic rings. The highest BCUT2D eigenvalue weighted by Crippen LogP contribution is 2.19. The van der Waals surface area contributed by atoms with Crippen molar-refractivity contribution in [1.29, 1.82) is 0 Å². The summed E-state index contributed by atoms with van der Waals surface area (Å²) in [5.41, 5.74) is 1.93. The summed E-state index contributed by atoms with van der Waals surface area (Å²) in [6.07, 6.45) is 1.40. The van der Waals surface area contributed by atoms with Crippen LogP contribution in [0.2, 0.25) is 0 Å². The molecule has 1 aliphatic heterocycles. The minimum absolute atomic E-state index is 0. The lowest BCUT2D eigenvalue weighted by molar-refractivity contribution is -0.116. The number of halogens is 1. The zero-order valence-electron chi connectivity index (χ0n) is 19.3. The molecule has 1 aromatic heterocycles. The number of hydrogen-bond acceptors (Lipinski definition) is 6. The van der Waals surface area contributed by atoms with E-state index in [1.807, 2.05) is 39.1 Å². The molecule has 8 nitrogen and oxygen atoms in total. The topological polar surface area (TPSA) is 85.8 Å². The van der Waals surface area contributed by atoms with Crippen molar-refractivity contribution >= 4 is 58.2 Å². The normalized spacial score (nSPS) is 14.3. The van der Waals surface area contributed by atoms with Gasteiger partial charge >= 0.3 is 0 Å². The minimum Gasteiger partial charge on any atom is -0.352 e. The Morgan fingerprint density at radius 1 is 1.25 bits per heavy atom. The van der Waals surface area contributed by atoms with Gasteiger partial charge in [-0.3, -0.25) is 9.79 Å². The number of nitrogens with zero attached hydrogens (tertiary/aromatic N) is 5. The van der Waals surface area contributed by atoms with E-state index in [2.05, 4.69) is 47.8 Å². The number of piperazine rings is 1. The maximum absolute atomic E-state index is 12.0. The van der Waals surface area contributed by atoms with Crippen LogP contribution < -0.4 is 15.5 Å². The number of amides is 1. The number of hydrogen-bond donors (Lipinski definition) is 2. The van der Waals surface area contributed by atoms with Crippen molar-refractivity contribution in [2.24, 2.45) is 10.9 Å². The molecule has 2 N–H and O–H groups in total. The van der Waals surface area contributed by atoms with E-state index in [-0.39, 0.29) is 29.9 Å².